The van der Waals surface area contributed by atoms with Crippen LogP contribution < -0.4 is 0 Å². The molecule has 1 aliphatic heterocycles. The SMILES string of the molecule is COC1c2ccccc2C(C)(C)CN1C=O. The van der Waals surface area contributed by atoms with E-state index in [9.17, 15) is 4.79 Å². The summed E-state index contributed by atoms with van der Waals surface area (Å²) < 4.78 is 5.41. The van der Waals surface area contributed by atoms with E-state index >= 15 is 0 Å². The van der Waals surface area contributed by atoms with Crippen molar-refractivity contribution in [3.05, 3.63) is 35.4 Å². The van der Waals surface area contributed by atoms with Crippen LogP contribution in [0.2, 0.25) is 0 Å². The van der Waals surface area contributed by atoms with E-state index in [1.807, 2.05) is 18.2 Å². The van der Waals surface area contributed by atoms with Gasteiger partial charge in [0.1, 0.15) is 0 Å². The van der Waals surface area contributed by atoms with E-state index in [2.05, 4.69) is 19.9 Å². The number of hydrogen-bond acceptors (Lipinski definition) is 2. The zero-order valence-corrected chi connectivity index (χ0v) is 9.93. The molecule has 1 aromatic rings. The quantitative estimate of drug-likeness (QED) is 0.713. The van der Waals surface area contributed by atoms with Gasteiger partial charge in [0.05, 0.1) is 0 Å². The Balaban J connectivity index is 2.54. The molecular weight excluding hydrogens is 202 g/mol. The molecule has 0 fully saturated rings. The Morgan fingerprint density at radius 1 is 1.44 bits per heavy atom. The lowest BCUT2D eigenvalue weighted by Gasteiger charge is -2.42. The third-order valence-corrected chi connectivity index (χ3v) is 3.19. The van der Waals surface area contributed by atoms with Crippen LogP contribution in [0.5, 0.6) is 0 Å². The number of ether oxygens (including phenoxy) is 1. The van der Waals surface area contributed by atoms with Gasteiger partial charge in [0.15, 0.2) is 6.23 Å². The number of rotatable bonds is 2. The van der Waals surface area contributed by atoms with Gasteiger partial charge in [0, 0.05) is 24.6 Å². The van der Waals surface area contributed by atoms with Crippen LogP contribution in [0.15, 0.2) is 24.3 Å². The van der Waals surface area contributed by atoms with Crippen LogP contribution in [-0.2, 0) is 14.9 Å². The van der Waals surface area contributed by atoms with E-state index in [1.165, 1.54) is 5.56 Å². The first-order chi connectivity index (χ1) is 7.60. The van der Waals surface area contributed by atoms with E-state index in [-0.39, 0.29) is 11.6 Å². The third kappa shape index (κ3) is 1.61. The van der Waals surface area contributed by atoms with Gasteiger partial charge < -0.3 is 9.64 Å². The zero-order valence-electron chi connectivity index (χ0n) is 9.93. The Kier molecular flexibility index (Phi) is 2.72. The molecule has 1 heterocycles. The molecule has 1 unspecified atom stereocenters. The molecule has 0 saturated carbocycles. The number of nitrogens with zero attached hydrogens (tertiary/aromatic N) is 1. The molecule has 0 aliphatic carbocycles. The van der Waals surface area contributed by atoms with Crippen LogP contribution >= 0.6 is 0 Å². The summed E-state index contributed by atoms with van der Waals surface area (Å²) in [5.41, 5.74) is 2.33. The number of methoxy groups -OCH3 is 1. The van der Waals surface area contributed by atoms with E-state index in [4.69, 9.17) is 4.74 Å². The molecule has 0 saturated heterocycles. The predicted octanol–water partition coefficient (Wildman–Crippen LogP) is 2.08. The van der Waals surface area contributed by atoms with Crippen molar-refractivity contribution in [2.24, 2.45) is 0 Å². The maximum Gasteiger partial charge on any atom is 0.212 e. The first kappa shape index (κ1) is 11.1. The third-order valence-electron chi connectivity index (χ3n) is 3.19. The molecule has 3 nitrogen and oxygen atoms in total. The summed E-state index contributed by atoms with van der Waals surface area (Å²) in [6.45, 7) is 4.98. The summed E-state index contributed by atoms with van der Waals surface area (Å²) in [6, 6.07) is 8.16. The molecule has 1 atom stereocenters. The van der Waals surface area contributed by atoms with Crippen molar-refractivity contribution in [1.29, 1.82) is 0 Å². The molecule has 0 radical (unpaired) electrons. The Labute approximate surface area is 96.0 Å². The van der Waals surface area contributed by atoms with Crippen LogP contribution in [0.4, 0.5) is 0 Å². The number of carbonyl (C=O) groups excluding carboxylic acids is 1. The fourth-order valence-corrected chi connectivity index (χ4v) is 2.49. The van der Waals surface area contributed by atoms with Crippen molar-refractivity contribution in [3.8, 4) is 0 Å². The molecule has 0 N–H and O–H groups in total. The van der Waals surface area contributed by atoms with Crippen molar-refractivity contribution in [3.63, 3.8) is 0 Å². The Hall–Kier alpha value is -1.35. The highest BCUT2D eigenvalue weighted by Crippen LogP contribution is 2.38. The maximum atomic E-state index is 11.1. The summed E-state index contributed by atoms with van der Waals surface area (Å²) in [4.78, 5) is 12.8. The number of hydrogen-bond donors (Lipinski definition) is 0. The second-order valence-corrected chi connectivity index (χ2v) is 4.84. The normalized spacial score (nSPS) is 22.7. The fourth-order valence-electron chi connectivity index (χ4n) is 2.49. The zero-order chi connectivity index (χ0) is 11.8. The molecule has 3 heteroatoms. The van der Waals surface area contributed by atoms with Crippen LogP contribution in [-0.4, -0.2) is 25.0 Å². The average Bonchev–Trinajstić information content (AvgIpc) is 2.28. The van der Waals surface area contributed by atoms with Gasteiger partial charge in [0.25, 0.3) is 0 Å². The van der Waals surface area contributed by atoms with Gasteiger partial charge in [-0.05, 0) is 5.56 Å². The van der Waals surface area contributed by atoms with Crippen molar-refractivity contribution >= 4 is 6.41 Å². The molecule has 1 aromatic carbocycles. The summed E-state index contributed by atoms with van der Waals surface area (Å²) >= 11 is 0. The standard InChI is InChI=1S/C13H17NO2/c1-13(2)8-14(9-15)12(16-3)10-6-4-5-7-11(10)13/h4-7,9,12H,8H2,1-3H3. The Morgan fingerprint density at radius 3 is 2.75 bits per heavy atom. The highest BCUT2D eigenvalue weighted by molar-refractivity contribution is 5.52. The van der Waals surface area contributed by atoms with E-state index < -0.39 is 0 Å². The second kappa shape index (κ2) is 3.91. The summed E-state index contributed by atoms with van der Waals surface area (Å²) in [6.07, 6.45) is 0.619. The Morgan fingerprint density at radius 2 is 2.12 bits per heavy atom. The Bertz CT molecular complexity index is 401. The van der Waals surface area contributed by atoms with Crippen molar-refractivity contribution in [2.45, 2.75) is 25.5 Å². The van der Waals surface area contributed by atoms with Gasteiger partial charge in [-0.1, -0.05) is 38.1 Å². The molecule has 86 valence electrons. The second-order valence-electron chi connectivity index (χ2n) is 4.84. The van der Waals surface area contributed by atoms with Gasteiger partial charge in [0.2, 0.25) is 6.41 Å². The first-order valence-electron chi connectivity index (χ1n) is 5.43. The lowest BCUT2D eigenvalue weighted by molar-refractivity contribution is -0.134. The minimum absolute atomic E-state index is 0.0213. The molecule has 1 aliphatic rings. The van der Waals surface area contributed by atoms with E-state index in [0.29, 0.717) is 6.54 Å². The lowest BCUT2D eigenvalue weighted by atomic mass is 9.78. The number of fused-ring (bicyclic) bond motifs is 1. The summed E-state index contributed by atoms with van der Waals surface area (Å²) in [5.74, 6) is 0. The van der Waals surface area contributed by atoms with Crippen molar-refractivity contribution < 1.29 is 9.53 Å². The van der Waals surface area contributed by atoms with Crippen molar-refractivity contribution in [2.75, 3.05) is 13.7 Å². The average molecular weight is 219 g/mol. The predicted molar refractivity (Wildman–Crippen MR) is 62.0 cm³/mol. The molecule has 0 bridgehead atoms. The highest BCUT2D eigenvalue weighted by Gasteiger charge is 2.36. The molecule has 2 rings (SSSR count). The van der Waals surface area contributed by atoms with Gasteiger partial charge in [-0.25, -0.2) is 0 Å². The minimum atomic E-state index is -0.248. The van der Waals surface area contributed by atoms with Gasteiger partial charge in [-0.15, -0.1) is 0 Å². The van der Waals surface area contributed by atoms with Crippen LogP contribution in [0.25, 0.3) is 0 Å². The van der Waals surface area contributed by atoms with E-state index in [1.54, 1.807) is 12.0 Å². The largest absolute Gasteiger partial charge is 0.357 e. The smallest absolute Gasteiger partial charge is 0.212 e. The van der Waals surface area contributed by atoms with Crippen molar-refractivity contribution in [1.82, 2.24) is 4.90 Å². The van der Waals surface area contributed by atoms with Crippen LogP contribution in [0.1, 0.15) is 31.2 Å². The van der Waals surface area contributed by atoms with Crippen LogP contribution in [0.3, 0.4) is 0 Å². The maximum absolute atomic E-state index is 11.1. The molecular formula is C13H17NO2. The van der Waals surface area contributed by atoms with Gasteiger partial charge in [-0.2, -0.15) is 0 Å². The van der Waals surface area contributed by atoms with E-state index in [0.717, 1.165) is 12.0 Å². The molecule has 1 amide bonds. The first-order valence-corrected chi connectivity index (χ1v) is 5.43. The monoisotopic (exact) mass is 219 g/mol. The molecule has 16 heavy (non-hydrogen) atoms. The molecule has 0 spiro atoms. The topological polar surface area (TPSA) is 29.5 Å². The van der Waals surface area contributed by atoms with Crippen LogP contribution in [0, 0.1) is 0 Å². The highest BCUT2D eigenvalue weighted by atomic mass is 16.5. The number of carbonyl (C=O) groups is 1. The summed E-state index contributed by atoms with van der Waals surface area (Å²) in [7, 11) is 1.64. The number of benzene rings is 1. The van der Waals surface area contributed by atoms with Gasteiger partial charge >= 0.3 is 0 Å². The minimum Gasteiger partial charge on any atom is -0.357 e. The van der Waals surface area contributed by atoms with Gasteiger partial charge in [-0.3, -0.25) is 4.79 Å². The lowest BCUT2D eigenvalue weighted by Crippen LogP contribution is -2.44. The fraction of sp³-hybridized carbons (Fsp3) is 0.462. The number of amides is 1. The molecule has 0 aromatic heterocycles. The summed E-state index contributed by atoms with van der Waals surface area (Å²) in [5, 5.41) is 0.